The number of urea groups is 1. The molecule has 1 aromatic rings. The van der Waals surface area contributed by atoms with Crippen molar-refractivity contribution in [3.8, 4) is 0 Å². The van der Waals surface area contributed by atoms with E-state index in [1.54, 1.807) is 4.90 Å². The number of allylic oxidation sites excluding steroid dienone is 1. The van der Waals surface area contributed by atoms with Gasteiger partial charge in [-0.05, 0) is 79.5 Å². The highest BCUT2D eigenvalue weighted by Gasteiger charge is 2.41. The highest BCUT2D eigenvalue weighted by Crippen LogP contribution is 2.38. The number of carbonyl (C=O) groups is 2. The van der Waals surface area contributed by atoms with Crippen molar-refractivity contribution in [1.82, 2.24) is 19.6 Å². The van der Waals surface area contributed by atoms with Gasteiger partial charge in [-0.3, -0.25) is 14.6 Å². The first-order chi connectivity index (χ1) is 21.4. The minimum atomic E-state index is -0.355. The number of primary amides is 1. The number of piperidine rings is 2. The molecule has 45 heavy (non-hydrogen) atoms. The Morgan fingerprint density at radius 3 is 2.40 bits per heavy atom. The summed E-state index contributed by atoms with van der Waals surface area (Å²) in [5.74, 6) is 0.590. The average molecular weight is 704 g/mol. The Hall–Kier alpha value is -1.94. The van der Waals surface area contributed by atoms with Crippen LogP contribution in [0.1, 0.15) is 82.9 Å². The number of piperazine rings is 1. The molecule has 3 fully saturated rings. The second-order valence-corrected chi connectivity index (χ2v) is 16.3. The van der Waals surface area contributed by atoms with Gasteiger partial charge < -0.3 is 20.9 Å². The number of nitrogens with two attached hydrogens (primary N) is 1. The summed E-state index contributed by atoms with van der Waals surface area (Å²) < 4.78 is 0. The summed E-state index contributed by atoms with van der Waals surface area (Å²) in [4.78, 5) is 34.4. The Kier molecular flexibility index (Phi) is 11.4. The molecule has 3 atom stereocenters. The molecule has 1 aromatic carbocycles. The van der Waals surface area contributed by atoms with Crippen molar-refractivity contribution in [3.63, 3.8) is 0 Å². The normalized spacial score (nSPS) is 25.3. The van der Waals surface area contributed by atoms with Gasteiger partial charge in [-0.2, -0.15) is 0 Å². The number of benzene rings is 1. The predicted octanol–water partition coefficient (Wildman–Crippen LogP) is 6.26. The maximum Gasteiger partial charge on any atom is 0.314 e. The van der Waals surface area contributed by atoms with Gasteiger partial charge in [0.15, 0.2) is 0 Å². The zero-order chi connectivity index (χ0) is 32.3. The van der Waals surface area contributed by atoms with Crippen molar-refractivity contribution in [3.05, 3.63) is 46.0 Å². The number of nitrogens with zero attached hydrogens (tertiary/aromatic N) is 4. The van der Waals surface area contributed by atoms with Gasteiger partial charge in [0.05, 0.1) is 10.9 Å². The van der Waals surface area contributed by atoms with Crippen molar-refractivity contribution in [2.45, 2.75) is 95.1 Å². The first-order valence-corrected chi connectivity index (χ1v) is 18.2. The quantitative estimate of drug-likeness (QED) is 0.199. The van der Waals surface area contributed by atoms with Crippen molar-refractivity contribution < 1.29 is 9.59 Å². The number of halogens is 2. The van der Waals surface area contributed by atoms with Gasteiger partial charge in [-0.1, -0.05) is 66.0 Å². The fraction of sp³-hybridized carbons (Fsp3) is 0.686. The highest BCUT2D eigenvalue weighted by molar-refractivity contribution is 9.09. The lowest BCUT2D eigenvalue weighted by molar-refractivity contribution is -0.142. The van der Waals surface area contributed by atoms with E-state index >= 15 is 0 Å². The molecule has 3 amide bonds. The van der Waals surface area contributed by atoms with Crippen LogP contribution in [0.5, 0.6) is 0 Å². The minimum absolute atomic E-state index is 0.0132. The number of carbonyl (C=O) groups excluding carboxylic acids is 2. The van der Waals surface area contributed by atoms with E-state index < -0.39 is 0 Å². The smallest absolute Gasteiger partial charge is 0.314 e. The first-order valence-electron chi connectivity index (χ1n) is 16.9. The van der Waals surface area contributed by atoms with E-state index in [9.17, 15) is 9.59 Å². The lowest BCUT2D eigenvalue weighted by Crippen LogP contribution is -2.62. The van der Waals surface area contributed by atoms with Crippen LogP contribution < -0.4 is 5.73 Å². The molecule has 8 nitrogen and oxygen atoms in total. The van der Waals surface area contributed by atoms with Crippen LogP contribution in [0.3, 0.4) is 0 Å². The molecular formula is C35H52BrClN6O2. The van der Waals surface area contributed by atoms with E-state index in [0.29, 0.717) is 31.5 Å². The molecule has 0 aromatic heterocycles. The van der Waals surface area contributed by atoms with Gasteiger partial charge in [-0.25, -0.2) is 4.79 Å². The number of hydrogen-bond acceptors (Lipinski definition) is 5. The van der Waals surface area contributed by atoms with E-state index in [4.69, 9.17) is 22.7 Å². The Morgan fingerprint density at radius 1 is 1.04 bits per heavy atom. The maximum absolute atomic E-state index is 13.7. The monoisotopic (exact) mass is 702 g/mol. The van der Waals surface area contributed by atoms with Crippen LogP contribution in [-0.4, -0.2) is 100 Å². The number of aryl methyl sites for hydroxylation is 1. The third kappa shape index (κ3) is 8.51. The number of hydrogen-bond donors (Lipinski definition) is 2. The third-order valence-corrected chi connectivity index (χ3v) is 11.5. The molecule has 3 saturated heterocycles. The summed E-state index contributed by atoms with van der Waals surface area (Å²) in [6.45, 7) is 12.8. The predicted molar refractivity (Wildman–Crippen MR) is 186 cm³/mol. The second-order valence-electron chi connectivity index (χ2n) is 14.7. The van der Waals surface area contributed by atoms with Crippen molar-refractivity contribution in [1.29, 1.82) is 5.41 Å². The van der Waals surface area contributed by atoms with E-state index in [1.807, 2.05) is 6.07 Å². The standard InChI is InChI=1S/C35H52BrClN6O2/c1-35(2,3)32-23-42(16-17-43(32)33(44)20-24-8-12-41(13-9-24)34(39)45)29-10-14-40(15-11-29)31-19-25(18-27(36)22-38)4-5-26-21-28(37)6-7-30(26)31/h6-7,19,21-22,24,27,29,31-32,38H,4-5,8-18,20,23H2,1-3H3,(H2,39,45). The fourth-order valence-electron chi connectivity index (χ4n) is 7.98. The molecule has 1 aliphatic carbocycles. The summed E-state index contributed by atoms with van der Waals surface area (Å²) in [5.41, 5.74) is 9.57. The Morgan fingerprint density at radius 2 is 1.76 bits per heavy atom. The average Bonchev–Trinajstić information content (AvgIpc) is 3.19. The summed E-state index contributed by atoms with van der Waals surface area (Å²) in [5, 5.41) is 8.50. The summed E-state index contributed by atoms with van der Waals surface area (Å²) in [7, 11) is 0. The van der Waals surface area contributed by atoms with E-state index in [0.717, 1.165) is 82.7 Å². The molecule has 3 heterocycles. The topological polar surface area (TPSA) is 97.0 Å². The maximum atomic E-state index is 13.7. The number of fused-ring (bicyclic) bond motifs is 1. The Bertz CT molecular complexity index is 1250. The fourth-order valence-corrected chi connectivity index (χ4v) is 8.59. The second kappa shape index (κ2) is 14.9. The number of rotatable bonds is 7. The molecule has 3 N–H and O–H groups in total. The molecule has 3 unspecified atom stereocenters. The molecule has 248 valence electrons. The van der Waals surface area contributed by atoms with E-state index in [2.05, 4.69) is 69.6 Å². The molecule has 3 aliphatic heterocycles. The molecule has 0 bridgehead atoms. The number of nitrogens with one attached hydrogen (secondary N) is 1. The van der Waals surface area contributed by atoms with Crippen LogP contribution in [0.15, 0.2) is 29.8 Å². The van der Waals surface area contributed by atoms with Gasteiger partial charge in [0.25, 0.3) is 0 Å². The van der Waals surface area contributed by atoms with Crippen LogP contribution in [0.2, 0.25) is 5.02 Å². The van der Waals surface area contributed by atoms with Crippen LogP contribution in [0.25, 0.3) is 0 Å². The number of alkyl halides is 1. The minimum Gasteiger partial charge on any atom is -0.351 e. The Labute approximate surface area is 283 Å². The number of likely N-dealkylation sites (tertiary alicyclic amines) is 2. The lowest BCUT2D eigenvalue weighted by atomic mass is 9.82. The van der Waals surface area contributed by atoms with Crippen LogP contribution >= 0.6 is 27.5 Å². The Balaban J connectivity index is 1.22. The third-order valence-electron chi connectivity index (χ3n) is 10.7. The summed E-state index contributed by atoms with van der Waals surface area (Å²) in [6, 6.07) is 6.97. The zero-order valence-corrected chi connectivity index (χ0v) is 29.7. The van der Waals surface area contributed by atoms with Crippen LogP contribution in [0.4, 0.5) is 4.79 Å². The zero-order valence-electron chi connectivity index (χ0n) is 27.3. The highest BCUT2D eigenvalue weighted by atomic mass is 79.9. The molecule has 5 rings (SSSR count). The summed E-state index contributed by atoms with van der Waals surface area (Å²) in [6.07, 6.45) is 11.3. The molecule has 0 radical (unpaired) electrons. The van der Waals surface area contributed by atoms with Gasteiger partial charge in [0.2, 0.25) is 5.91 Å². The van der Waals surface area contributed by atoms with Crippen LogP contribution in [0, 0.1) is 16.7 Å². The molecule has 0 spiro atoms. The van der Waals surface area contributed by atoms with Crippen molar-refractivity contribution in [2.75, 3.05) is 45.8 Å². The molecule has 0 saturated carbocycles. The van der Waals surface area contributed by atoms with Gasteiger partial charge in [0, 0.05) is 75.6 Å². The van der Waals surface area contributed by atoms with Crippen LogP contribution in [-0.2, 0) is 11.2 Å². The number of amides is 3. The van der Waals surface area contributed by atoms with Gasteiger partial charge in [-0.15, -0.1) is 0 Å². The largest absolute Gasteiger partial charge is 0.351 e. The van der Waals surface area contributed by atoms with Gasteiger partial charge in [0.1, 0.15) is 0 Å². The SMILES string of the molecule is CC(C)(C)C1CN(C2CCN(C3C=C(CC(Br)C=N)CCc4cc(Cl)ccc43)CC2)CCN1C(=O)CC1CCN(C(N)=O)CC1. The lowest BCUT2D eigenvalue weighted by Gasteiger charge is -2.51. The molecular weight excluding hydrogens is 652 g/mol. The van der Waals surface area contributed by atoms with Crippen molar-refractivity contribution >= 4 is 45.7 Å². The summed E-state index contributed by atoms with van der Waals surface area (Å²) >= 11 is 10.1. The molecule has 10 heteroatoms. The van der Waals surface area contributed by atoms with Gasteiger partial charge >= 0.3 is 6.03 Å². The van der Waals surface area contributed by atoms with E-state index in [1.165, 1.54) is 22.9 Å². The molecule has 4 aliphatic rings. The van der Waals surface area contributed by atoms with Crippen molar-refractivity contribution in [2.24, 2.45) is 17.1 Å². The first kappa shape index (κ1) is 34.4. The van der Waals surface area contributed by atoms with E-state index in [-0.39, 0.29) is 34.3 Å².